The molecule has 0 atom stereocenters. The van der Waals surface area contributed by atoms with Crippen molar-refractivity contribution >= 4 is 5.91 Å². The van der Waals surface area contributed by atoms with Gasteiger partial charge in [0, 0.05) is 17.7 Å². The van der Waals surface area contributed by atoms with E-state index in [4.69, 9.17) is 4.74 Å². The first-order chi connectivity index (χ1) is 16.3. The van der Waals surface area contributed by atoms with Gasteiger partial charge in [-0.2, -0.15) is 13.2 Å². The van der Waals surface area contributed by atoms with Crippen LogP contribution in [0, 0.1) is 0 Å². The number of alkyl halides is 6. The molecule has 0 aliphatic heterocycles. The number of ether oxygens (including phenoxy) is 2. The molecule has 2 bridgehead atoms. The Hall–Kier alpha value is -3.03. The minimum atomic E-state index is -4.65. The van der Waals surface area contributed by atoms with Crippen molar-refractivity contribution in [1.29, 1.82) is 0 Å². The lowest BCUT2D eigenvalue weighted by Crippen LogP contribution is -2.79. The smallest absolute Gasteiger partial charge is 0.504 e. The third-order valence-corrected chi connectivity index (χ3v) is 6.86. The Balaban J connectivity index is 1.08. The summed E-state index contributed by atoms with van der Waals surface area (Å²) in [5, 5.41) is 20.8. The summed E-state index contributed by atoms with van der Waals surface area (Å²) in [6.07, 6.45) is -6.19. The number of aromatic nitrogens is 3. The molecule has 8 nitrogen and oxygen atoms in total. The van der Waals surface area contributed by atoms with Crippen LogP contribution in [0.25, 0.3) is 0 Å². The third-order valence-electron chi connectivity index (χ3n) is 6.86. The van der Waals surface area contributed by atoms with Crippen molar-refractivity contribution < 1.29 is 45.7 Å². The van der Waals surface area contributed by atoms with Gasteiger partial charge in [0.2, 0.25) is 0 Å². The summed E-state index contributed by atoms with van der Waals surface area (Å²) in [5.74, 6) is -1.59. The molecule has 14 heteroatoms. The minimum absolute atomic E-state index is 0.143. The molecular formula is C21H20F6N4O4. The number of phenols is 1. The van der Waals surface area contributed by atoms with Gasteiger partial charge in [-0.1, -0.05) is 5.21 Å². The standard InChI is InChI=1S/C21H20F6N4O4/c22-20(23,24)12-1-2-16(15(32)5-12)34-7-17(33)28-18-8-19(9-18,10-18)31-6-14(29-30-31)11-3-13(4-11)35-21(25,26)27/h1-2,5-6,11,13,32H,3-4,7-10H2,(H,28,33). The molecule has 4 fully saturated rings. The molecule has 4 aliphatic carbocycles. The number of rotatable bonds is 7. The van der Waals surface area contributed by atoms with Crippen LogP contribution in [-0.4, -0.2) is 50.6 Å². The maximum absolute atomic E-state index is 12.7. The minimum Gasteiger partial charge on any atom is -0.504 e. The average Bonchev–Trinajstić information content (AvgIpc) is 3.12. The topological polar surface area (TPSA) is 98.5 Å². The number of carbonyl (C=O) groups excluding carboxylic acids is 1. The summed E-state index contributed by atoms with van der Waals surface area (Å²) in [6, 6.07) is 2.22. The van der Waals surface area contributed by atoms with Gasteiger partial charge < -0.3 is 15.2 Å². The third kappa shape index (κ3) is 4.50. The summed E-state index contributed by atoms with van der Waals surface area (Å²) in [5.41, 5.74) is -1.18. The van der Waals surface area contributed by atoms with Gasteiger partial charge in [-0.25, -0.2) is 4.68 Å². The molecule has 2 N–H and O–H groups in total. The maximum atomic E-state index is 12.7. The number of hydrogen-bond acceptors (Lipinski definition) is 6. The number of aromatic hydroxyl groups is 1. The second kappa shape index (κ2) is 7.73. The van der Waals surface area contributed by atoms with Crippen LogP contribution < -0.4 is 10.1 Å². The molecule has 1 heterocycles. The zero-order chi connectivity index (χ0) is 25.2. The lowest BCUT2D eigenvalue weighted by atomic mass is 9.44. The van der Waals surface area contributed by atoms with E-state index in [1.54, 1.807) is 10.9 Å². The highest BCUT2D eigenvalue weighted by Gasteiger charge is 2.70. The molecule has 0 spiro atoms. The largest absolute Gasteiger partial charge is 0.522 e. The van der Waals surface area contributed by atoms with Gasteiger partial charge in [-0.15, -0.1) is 18.3 Å². The van der Waals surface area contributed by atoms with Crippen LogP contribution in [0.3, 0.4) is 0 Å². The van der Waals surface area contributed by atoms with E-state index in [9.17, 15) is 36.2 Å². The molecular weight excluding hydrogens is 486 g/mol. The van der Waals surface area contributed by atoms with Crippen LogP contribution >= 0.6 is 0 Å². The molecule has 4 aliphatic rings. The Bertz CT molecular complexity index is 1120. The van der Waals surface area contributed by atoms with Gasteiger partial charge in [0.1, 0.15) is 0 Å². The van der Waals surface area contributed by atoms with Crippen molar-refractivity contribution in [3.63, 3.8) is 0 Å². The molecule has 0 radical (unpaired) electrons. The molecule has 4 saturated carbocycles. The van der Waals surface area contributed by atoms with E-state index in [1.165, 1.54) is 0 Å². The second-order valence-electron chi connectivity index (χ2n) is 9.49. The molecule has 190 valence electrons. The zero-order valence-corrected chi connectivity index (χ0v) is 18.0. The number of amides is 1. The quantitative estimate of drug-likeness (QED) is 0.557. The lowest BCUT2D eigenvalue weighted by molar-refractivity contribution is -0.351. The fourth-order valence-corrected chi connectivity index (χ4v) is 5.19. The van der Waals surface area contributed by atoms with Crippen LogP contribution in [0.5, 0.6) is 11.5 Å². The van der Waals surface area contributed by atoms with E-state index in [0.717, 1.165) is 12.1 Å². The normalized spacial score (nSPS) is 29.5. The van der Waals surface area contributed by atoms with Gasteiger partial charge in [-0.3, -0.25) is 9.53 Å². The fourth-order valence-electron chi connectivity index (χ4n) is 5.19. The number of halogens is 6. The van der Waals surface area contributed by atoms with Crippen LogP contribution in [0.2, 0.25) is 0 Å². The van der Waals surface area contributed by atoms with Gasteiger partial charge in [0.05, 0.1) is 22.9 Å². The second-order valence-corrected chi connectivity index (χ2v) is 9.49. The van der Waals surface area contributed by atoms with E-state index in [0.29, 0.717) is 31.0 Å². The predicted molar refractivity (Wildman–Crippen MR) is 104 cm³/mol. The molecule has 1 amide bonds. The van der Waals surface area contributed by atoms with E-state index in [-0.39, 0.29) is 30.0 Å². The number of hydrogen-bond donors (Lipinski definition) is 2. The van der Waals surface area contributed by atoms with E-state index >= 15 is 0 Å². The average molecular weight is 506 g/mol. The molecule has 1 aromatic carbocycles. The number of nitrogens with zero attached hydrogens (tertiary/aromatic N) is 3. The summed E-state index contributed by atoms with van der Waals surface area (Å²) < 4.78 is 85.7. The maximum Gasteiger partial charge on any atom is 0.522 e. The van der Waals surface area contributed by atoms with Gasteiger partial charge in [-0.05, 0) is 50.3 Å². The SMILES string of the molecule is O=C(COc1ccc(C(F)(F)F)cc1O)NC12CC(n3cc(C4CC(OC(F)(F)F)C4)nn3)(C1)C2. The van der Waals surface area contributed by atoms with Gasteiger partial charge in [0.25, 0.3) is 5.91 Å². The summed E-state index contributed by atoms with van der Waals surface area (Å²) in [7, 11) is 0. The molecule has 35 heavy (non-hydrogen) atoms. The Morgan fingerprint density at radius 2 is 1.86 bits per heavy atom. The molecule has 2 aromatic rings. The Morgan fingerprint density at radius 3 is 2.46 bits per heavy atom. The Kier molecular flexibility index (Phi) is 5.24. The first-order valence-corrected chi connectivity index (χ1v) is 10.8. The van der Waals surface area contributed by atoms with Crippen LogP contribution in [0.4, 0.5) is 26.3 Å². The van der Waals surface area contributed by atoms with Crippen molar-refractivity contribution in [1.82, 2.24) is 20.3 Å². The first-order valence-electron chi connectivity index (χ1n) is 10.8. The van der Waals surface area contributed by atoms with Crippen molar-refractivity contribution in [3.05, 3.63) is 35.7 Å². The van der Waals surface area contributed by atoms with Crippen molar-refractivity contribution in [3.8, 4) is 11.5 Å². The monoisotopic (exact) mass is 506 g/mol. The Morgan fingerprint density at radius 1 is 1.17 bits per heavy atom. The van der Waals surface area contributed by atoms with Crippen molar-refractivity contribution in [2.45, 2.75) is 67.7 Å². The van der Waals surface area contributed by atoms with E-state index in [1.807, 2.05) is 0 Å². The number of nitrogens with one attached hydrogen (secondary N) is 1. The summed E-state index contributed by atoms with van der Waals surface area (Å²) in [6.45, 7) is -0.482. The molecule has 0 saturated heterocycles. The van der Waals surface area contributed by atoms with Crippen LogP contribution in [0.15, 0.2) is 24.4 Å². The van der Waals surface area contributed by atoms with Crippen LogP contribution in [0.1, 0.15) is 49.3 Å². The zero-order valence-electron chi connectivity index (χ0n) is 18.0. The lowest BCUT2D eigenvalue weighted by Gasteiger charge is -2.69. The predicted octanol–water partition coefficient (Wildman–Crippen LogP) is 3.61. The highest BCUT2D eigenvalue weighted by atomic mass is 19.4. The number of carbonyl (C=O) groups is 1. The summed E-state index contributed by atoms with van der Waals surface area (Å²) in [4.78, 5) is 12.3. The number of benzene rings is 1. The fraction of sp³-hybridized carbons (Fsp3) is 0.571. The molecule has 1 aromatic heterocycles. The first kappa shape index (κ1) is 23.7. The van der Waals surface area contributed by atoms with Gasteiger partial charge >= 0.3 is 12.5 Å². The number of phenolic OH excluding ortho intramolecular Hbond substituents is 1. The van der Waals surface area contributed by atoms with Crippen molar-refractivity contribution in [2.24, 2.45) is 0 Å². The van der Waals surface area contributed by atoms with Gasteiger partial charge in [0.15, 0.2) is 18.1 Å². The molecule has 0 unspecified atom stereocenters. The molecule has 6 rings (SSSR count). The highest BCUT2D eigenvalue weighted by molar-refractivity contribution is 5.79. The van der Waals surface area contributed by atoms with Crippen LogP contribution in [-0.2, 0) is 21.2 Å². The highest BCUT2D eigenvalue weighted by Crippen LogP contribution is 2.65. The summed E-state index contributed by atoms with van der Waals surface area (Å²) >= 11 is 0. The van der Waals surface area contributed by atoms with E-state index < -0.39 is 48.0 Å². The van der Waals surface area contributed by atoms with Crippen molar-refractivity contribution in [2.75, 3.05) is 6.61 Å². The van der Waals surface area contributed by atoms with E-state index in [2.05, 4.69) is 20.4 Å². The Labute approximate surface area is 194 Å².